The molecular weight excluding hydrogens is 544 g/mol. The molecule has 6 nitrogen and oxygen atoms in total. The third-order valence-electron chi connectivity index (χ3n) is 8.89. The van der Waals surface area contributed by atoms with Gasteiger partial charge in [0.25, 0.3) is 0 Å². The average molecular weight is 593 g/mol. The minimum atomic E-state index is -0.990. The van der Waals surface area contributed by atoms with Crippen LogP contribution in [0.2, 0.25) is 0 Å². The van der Waals surface area contributed by atoms with Crippen LogP contribution in [0.4, 0.5) is 0 Å². The second-order valence-electron chi connectivity index (χ2n) is 13.0. The molecule has 5 atom stereocenters. The molecule has 0 bridgehead atoms. The van der Waals surface area contributed by atoms with Gasteiger partial charge in [0.05, 0.1) is 16.1 Å². The molecule has 0 aromatic heterocycles. The van der Waals surface area contributed by atoms with Gasteiger partial charge in [-0.2, -0.15) is 0 Å². The number of unbranched alkanes of at least 4 members (excludes halogenated alkanes) is 2. The zero-order chi connectivity index (χ0) is 29.5. The molecule has 0 amide bonds. The maximum atomic E-state index is 13.8. The van der Waals surface area contributed by atoms with E-state index in [1.54, 1.807) is 39.5 Å². The van der Waals surface area contributed by atoms with Gasteiger partial charge in [0.2, 0.25) is 0 Å². The number of thioether (sulfide) groups is 1. The molecule has 5 unspecified atom stereocenters. The Balaban J connectivity index is 1.61. The van der Waals surface area contributed by atoms with Gasteiger partial charge in [-0.15, -0.1) is 11.8 Å². The first-order valence-corrected chi connectivity index (χ1v) is 17.2. The van der Waals surface area contributed by atoms with Crippen LogP contribution in [0.25, 0.3) is 0 Å². The normalized spacial score (nSPS) is 26.0. The number of carboxylic acid groups (broad SMARTS) is 2. The molecule has 1 aromatic carbocycles. The summed E-state index contributed by atoms with van der Waals surface area (Å²) in [6.45, 7) is 7.04. The van der Waals surface area contributed by atoms with Crippen molar-refractivity contribution in [2.75, 3.05) is 0 Å². The highest BCUT2D eigenvalue weighted by atomic mass is 32.2. The second kappa shape index (κ2) is 14.6. The first-order valence-electron chi connectivity index (χ1n) is 15.0. The van der Waals surface area contributed by atoms with Gasteiger partial charge in [0.15, 0.2) is 0 Å². The number of hydrogen-bond acceptors (Lipinski definition) is 5. The number of rotatable bonds is 14. The lowest BCUT2D eigenvalue weighted by Crippen LogP contribution is -2.32. The topological polar surface area (TPSA) is 115 Å². The van der Waals surface area contributed by atoms with Crippen molar-refractivity contribution < 1.29 is 29.1 Å². The first-order chi connectivity index (χ1) is 18.8. The molecule has 224 valence electrons. The third kappa shape index (κ3) is 8.75. The Morgan fingerprint density at radius 1 is 0.900 bits per heavy atom. The van der Waals surface area contributed by atoms with Crippen molar-refractivity contribution >= 4 is 40.7 Å². The Morgan fingerprint density at radius 2 is 1.48 bits per heavy atom. The largest absolute Gasteiger partial charge is 0.616 e. The van der Waals surface area contributed by atoms with E-state index in [1.165, 1.54) is 11.1 Å². The van der Waals surface area contributed by atoms with Gasteiger partial charge >= 0.3 is 11.9 Å². The van der Waals surface area contributed by atoms with E-state index < -0.39 is 33.9 Å². The van der Waals surface area contributed by atoms with Crippen molar-refractivity contribution in [3.05, 3.63) is 35.4 Å². The maximum absolute atomic E-state index is 13.8. The summed E-state index contributed by atoms with van der Waals surface area (Å²) in [4.78, 5) is 35.6. The molecule has 0 aliphatic carbocycles. The number of benzene rings is 1. The van der Waals surface area contributed by atoms with Gasteiger partial charge in [-0.1, -0.05) is 43.5 Å². The quantitative estimate of drug-likeness (QED) is 0.167. The van der Waals surface area contributed by atoms with Crippen molar-refractivity contribution in [3.63, 3.8) is 0 Å². The number of ketones is 1. The number of Topliss-reactive ketones (excluding diaryl/α,β-unsaturated/α-hetero) is 1. The minimum Gasteiger partial charge on any atom is -0.616 e. The van der Waals surface area contributed by atoms with Crippen molar-refractivity contribution in [2.24, 2.45) is 10.8 Å². The monoisotopic (exact) mass is 592 g/mol. The van der Waals surface area contributed by atoms with E-state index in [0.29, 0.717) is 25.0 Å². The van der Waals surface area contributed by atoms with E-state index in [1.807, 2.05) is 12.1 Å². The molecule has 2 N–H and O–H groups in total. The van der Waals surface area contributed by atoms with Crippen molar-refractivity contribution in [1.29, 1.82) is 0 Å². The summed E-state index contributed by atoms with van der Waals surface area (Å²) in [5, 5.41) is 19.0. The SMILES string of the molecule is CC(C)(CCCCC1SC(c2ccccc2C2CCCC(CCCCC(C)(C)C(=O)O)[S+]2[O-])CCC1=O)C(=O)O. The molecule has 0 saturated carbocycles. The Labute approximate surface area is 247 Å². The van der Waals surface area contributed by atoms with Crippen LogP contribution < -0.4 is 0 Å². The van der Waals surface area contributed by atoms with Crippen LogP contribution in [0.3, 0.4) is 0 Å². The summed E-state index contributed by atoms with van der Waals surface area (Å²) in [6.07, 6.45) is 10.5. The maximum Gasteiger partial charge on any atom is 0.309 e. The van der Waals surface area contributed by atoms with Crippen molar-refractivity contribution in [2.45, 2.75) is 132 Å². The average Bonchev–Trinajstić information content (AvgIpc) is 2.90. The molecule has 2 aliphatic rings. The van der Waals surface area contributed by atoms with E-state index in [0.717, 1.165) is 64.2 Å². The van der Waals surface area contributed by atoms with Crippen LogP contribution in [-0.4, -0.2) is 43.0 Å². The summed E-state index contributed by atoms with van der Waals surface area (Å²) < 4.78 is 13.8. The molecule has 0 spiro atoms. The third-order valence-corrected chi connectivity index (χ3v) is 12.7. The molecule has 40 heavy (non-hydrogen) atoms. The number of hydrogen-bond donors (Lipinski definition) is 2. The molecule has 0 radical (unpaired) electrons. The van der Waals surface area contributed by atoms with Crippen LogP contribution >= 0.6 is 11.8 Å². The number of aliphatic carboxylic acids is 2. The van der Waals surface area contributed by atoms with Gasteiger partial charge in [0, 0.05) is 17.2 Å². The fourth-order valence-corrected chi connectivity index (χ4v) is 9.63. The lowest BCUT2D eigenvalue weighted by Gasteiger charge is -2.36. The van der Waals surface area contributed by atoms with Gasteiger partial charge in [-0.25, -0.2) is 0 Å². The fraction of sp³-hybridized carbons (Fsp3) is 0.719. The first kappa shape index (κ1) is 33.0. The zero-order valence-corrected chi connectivity index (χ0v) is 26.3. The molecular formula is C32H48O6S2. The predicted octanol–water partition coefficient (Wildman–Crippen LogP) is 7.88. The smallest absolute Gasteiger partial charge is 0.309 e. The van der Waals surface area contributed by atoms with Crippen LogP contribution in [0, 0.1) is 10.8 Å². The lowest BCUT2D eigenvalue weighted by atomic mass is 9.87. The van der Waals surface area contributed by atoms with Gasteiger partial charge in [-0.05, 0) is 102 Å². The Morgan fingerprint density at radius 3 is 2.08 bits per heavy atom. The highest BCUT2D eigenvalue weighted by Gasteiger charge is 2.39. The molecule has 2 saturated heterocycles. The Hall–Kier alpha value is -1.51. The predicted molar refractivity (Wildman–Crippen MR) is 163 cm³/mol. The zero-order valence-electron chi connectivity index (χ0n) is 24.7. The molecule has 2 aliphatic heterocycles. The van der Waals surface area contributed by atoms with E-state index in [4.69, 9.17) is 0 Å². The molecule has 2 heterocycles. The van der Waals surface area contributed by atoms with Crippen LogP contribution in [0.5, 0.6) is 0 Å². The number of carbonyl (C=O) groups excluding carboxylic acids is 1. The summed E-state index contributed by atoms with van der Waals surface area (Å²) >= 11 is 0.756. The second-order valence-corrected chi connectivity index (χ2v) is 16.3. The van der Waals surface area contributed by atoms with Crippen molar-refractivity contribution in [3.8, 4) is 0 Å². The lowest BCUT2D eigenvalue weighted by molar-refractivity contribution is -0.148. The highest BCUT2D eigenvalue weighted by molar-refractivity contribution is 8.01. The summed E-state index contributed by atoms with van der Waals surface area (Å²) in [7, 11) is 0. The summed E-state index contributed by atoms with van der Waals surface area (Å²) in [6, 6.07) is 8.37. The molecule has 1 aromatic rings. The molecule has 8 heteroatoms. The Bertz CT molecular complexity index is 1020. The van der Waals surface area contributed by atoms with Gasteiger partial charge < -0.3 is 14.8 Å². The van der Waals surface area contributed by atoms with Crippen LogP contribution in [0.15, 0.2) is 24.3 Å². The summed E-state index contributed by atoms with van der Waals surface area (Å²) in [5.41, 5.74) is 0.929. The molecule has 3 rings (SSSR count). The van der Waals surface area contributed by atoms with Crippen LogP contribution in [-0.2, 0) is 25.6 Å². The van der Waals surface area contributed by atoms with E-state index >= 15 is 0 Å². The summed E-state index contributed by atoms with van der Waals surface area (Å²) in [5.74, 6) is -1.25. The Kier molecular flexibility index (Phi) is 12.0. The van der Waals surface area contributed by atoms with Gasteiger partial charge in [-0.3, -0.25) is 14.4 Å². The van der Waals surface area contributed by atoms with E-state index in [2.05, 4.69) is 12.1 Å². The number of carbonyl (C=O) groups is 3. The number of carboxylic acids is 2. The van der Waals surface area contributed by atoms with E-state index in [-0.39, 0.29) is 21.0 Å². The van der Waals surface area contributed by atoms with Crippen molar-refractivity contribution in [1.82, 2.24) is 0 Å². The highest BCUT2D eigenvalue weighted by Crippen LogP contribution is 2.48. The molecule has 2 fully saturated rings. The minimum absolute atomic E-state index is 0.000314. The fourth-order valence-electron chi connectivity index (χ4n) is 5.92. The van der Waals surface area contributed by atoms with E-state index in [9.17, 15) is 29.1 Å². The standard InChI is InChI=1S/C32H48O6S2/c1-31(2,29(34)35)20-9-7-12-22-13-11-17-28(40(22)38)24-15-6-5-14-23(24)26-19-18-25(33)27(39-26)16-8-10-21-32(3,4)30(36)37/h5-6,14-15,22,26-28H,7-13,16-21H2,1-4H3,(H,34,35)(H,36,37). The van der Waals surface area contributed by atoms with Gasteiger partial charge in [0.1, 0.15) is 16.3 Å². The van der Waals surface area contributed by atoms with Crippen LogP contribution in [0.1, 0.15) is 133 Å².